The van der Waals surface area contributed by atoms with Crippen molar-refractivity contribution in [3.63, 3.8) is 0 Å². The molecule has 1 aliphatic heterocycles. The number of rotatable bonds is 6. The highest BCUT2D eigenvalue weighted by Gasteiger charge is 2.39. The quantitative estimate of drug-likeness (QED) is 0.605. The molecule has 1 aliphatic rings. The van der Waals surface area contributed by atoms with Gasteiger partial charge in [0.2, 0.25) is 0 Å². The predicted octanol–water partition coefficient (Wildman–Crippen LogP) is 4.81. The molecule has 0 radical (unpaired) electrons. The Morgan fingerprint density at radius 3 is 2.58 bits per heavy atom. The number of anilines is 2. The van der Waals surface area contributed by atoms with Crippen LogP contribution in [0.5, 0.6) is 0 Å². The normalized spacial score (nSPS) is 16.5. The number of hydrogen-bond acceptors (Lipinski definition) is 6. The Labute approximate surface area is 178 Å². The number of benzene rings is 1. The standard InChI is InChI=1S/C22H24F3N5O/c1-12(15-6-5-7-16(18(15)23)20(24)25)27-21-17-8-14(30-10-22(3,11-30)31-4)9-26-19(17)13(2)28-29-21/h5-9,12,20H,10-11H2,1-4H3,(H,27,29)/t12-/m1/s1. The zero-order valence-electron chi connectivity index (χ0n) is 17.8. The first kappa shape index (κ1) is 21.3. The first-order valence-corrected chi connectivity index (χ1v) is 9.98. The number of hydrogen-bond donors (Lipinski definition) is 1. The minimum Gasteiger partial charge on any atom is -0.375 e. The SMILES string of the molecule is COC1(C)CN(c2cnc3c(C)nnc(N[C@H](C)c4cccc(C(F)F)c4F)c3c2)C1. The Balaban J connectivity index is 1.67. The van der Waals surface area contributed by atoms with Crippen LogP contribution in [0.4, 0.5) is 24.7 Å². The number of nitrogens with one attached hydrogen (secondary N) is 1. The molecule has 31 heavy (non-hydrogen) atoms. The van der Waals surface area contributed by atoms with E-state index in [1.165, 1.54) is 12.1 Å². The molecule has 0 unspecified atom stereocenters. The molecule has 164 valence electrons. The van der Waals surface area contributed by atoms with E-state index in [1.54, 1.807) is 20.2 Å². The monoisotopic (exact) mass is 431 g/mol. The number of fused-ring (bicyclic) bond motifs is 1. The predicted molar refractivity (Wildman–Crippen MR) is 113 cm³/mol. The highest BCUT2D eigenvalue weighted by molar-refractivity contribution is 5.92. The van der Waals surface area contributed by atoms with Crippen LogP contribution < -0.4 is 10.2 Å². The maximum absolute atomic E-state index is 14.6. The number of nitrogens with zero attached hydrogens (tertiary/aromatic N) is 4. The second kappa shape index (κ2) is 7.96. The van der Waals surface area contributed by atoms with Crippen LogP contribution in [0, 0.1) is 12.7 Å². The number of methoxy groups -OCH3 is 1. The minimum absolute atomic E-state index is 0.135. The van der Waals surface area contributed by atoms with Crippen LogP contribution in [-0.2, 0) is 4.74 Å². The van der Waals surface area contributed by atoms with Gasteiger partial charge in [-0.1, -0.05) is 18.2 Å². The van der Waals surface area contributed by atoms with Crippen molar-refractivity contribution >= 4 is 22.4 Å². The van der Waals surface area contributed by atoms with Gasteiger partial charge in [-0.05, 0) is 26.8 Å². The maximum atomic E-state index is 14.6. The van der Waals surface area contributed by atoms with Gasteiger partial charge in [0.15, 0.2) is 5.82 Å². The van der Waals surface area contributed by atoms with Crippen LogP contribution in [0.3, 0.4) is 0 Å². The molecule has 3 heterocycles. The van der Waals surface area contributed by atoms with Crippen LogP contribution in [0.25, 0.3) is 10.9 Å². The molecule has 1 aromatic carbocycles. The van der Waals surface area contributed by atoms with Gasteiger partial charge in [-0.3, -0.25) is 4.98 Å². The van der Waals surface area contributed by atoms with Crippen molar-refractivity contribution < 1.29 is 17.9 Å². The van der Waals surface area contributed by atoms with Crippen LogP contribution >= 0.6 is 0 Å². The van der Waals surface area contributed by atoms with Gasteiger partial charge in [0.1, 0.15) is 5.82 Å². The molecule has 1 saturated heterocycles. The third-order valence-corrected chi connectivity index (χ3v) is 5.79. The zero-order valence-corrected chi connectivity index (χ0v) is 17.8. The van der Waals surface area contributed by atoms with E-state index in [1.807, 2.05) is 19.9 Å². The lowest BCUT2D eigenvalue weighted by Gasteiger charge is -2.48. The lowest BCUT2D eigenvalue weighted by atomic mass is 9.96. The van der Waals surface area contributed by atoms with Crippen molar-refractivity contribution in [3.05, 3.63) is 53.1 Å². The van der Waals surface area contributed by atoms with Gasteiger partial charge in [0.25, 0.3) is 6.43 Å². The van der Waals surface area contributed by atoms with E-state index in [4.69, 9.17) is 4.74 Å². The molecule has 0 amide bonds. The second-order valence-electron chi connectivity index (χ2n) is 8.15. The highest BCUT2D eigenvalue weighted by atomic mass is 19.3. The summed E-state index contributed by atoms with van der Waals surface area (Å²) in [7, 11) is 1.69. The van der Waals surface area contributed by atoms with Gasteiger partial charge < -0.3 is 15.0 Å². The Morgan fingerprint density at radius 1 is 1.19 bits per heavy atom. The molecule has 0 saturated carbocycles. The molecule has 0 bridgehead atoms. The van der Waals surface area contributed by atoms with E-state index < -0.39 is 23.8 Å². The van der Waals surface area contributed by atoms with Gasteiger partial charge in [-0.15, -0.1) is 5.10 Å². The summed E-state index contributed by atoms with van der Waals surface area (Å²) < 4.78 is 46.3. The molecule has 1 N–H and O–H groups in total. The number of halogens is 3. The molecule has 6 nitrogen and oxygen atoms in total. The van der Waals surface area contributed by atoms with Crippen LogP contribution in [0.1, 0.15) is 43.1 Å². The lowest BCUT2D eigenvalue weighted by Crippen LogP contribution is -2.61. The summed E-state index contributed by atoms with van der Waals surface area (Å²) >= 11 is 0. The average Bonchev–Trinajstić information content (AvgIpc) is 2.73. The molecular formula is C22H24F3N5O. The third kappa shape index (κ3) is 3.89. The van der Waals surface area contributed by atoms with Crippen molar-refractivity contribution in [2.75, 3.05) is 30.4 Å². The first-order valence-electron chi connectivity index (χ1n) is 9.98. The fourth-order valence-corrected chi connectivity index (χ4v) is 3.86. The number of pyridine rings is 1. The van der Waals surface area contributed by atoms with Crippen LogP contribution in [-0.4, -0.2) is 41.0 Å². The first-order chi connectivity index (χ1) is 14.7. The summed E-state index contributed by atoms with van der Waals surface area (Å²) in [6.45, 7) is 7.02. The van der Waals surface area contributed by atoms with Crippen molar-refractivity contribution in [1.82, 2.24) is 15.2 Å². The Morgan fingerprint density at radius 2 is 1.90 bits per heavy atom. The lowest BCUT2D eigenvalue weighted by molar-refractivity contribution is -0.0167. The second-order valence-corrected chi connectivity index (χ2v) is 8.15. The van der Waals surface area contributed by atoms with Crippen LogP contribution in [0.15, 0.2) is 30.5 Å². The van der Waals surface area contributed by atoms with Crippen LogP contribution in [0.2, 0.25) is 0 Å². The van der Waals surface area contributed by atoms with Gasteiger partial charge in [0.05, 0.1) is 40.3 Å². The van der Waals surface area contributed by atoms with E-state index in [-0.39, 0.29) is 11.2 Å². The van der Waals surface area contributed by atoms with E-state index in [0.717, 1.165) is 30.2 Å². The molecule has 2 aromatic heterocycles. The molecular weight excluding hydrogens is 407 g/mol. The Kier molecular flexibility index (Phi) is 5.47. The molecule has 1 atom stereocenters. The minimum atomic E-state index is -2.88. The molecule has 0 aliphatic carbocycles. The van der Waals surface area contributed by atoms with Gasteiger partial charge >= 0.3 is 0 Å². The third-order valence-electron chi connectivity index (χ3n) is 5.79. The Bertz CT molecular complexity index is 1120. The summed E-state index contributed by atoms with van der Waals surface area (Å²) in [5.74, 6) is -0.501. The van der Waals surface area contributed by atoms with Gasteiger partial charge in [0, 0.05) is 31.1 Å². The maximum Gasteiger partial charge on any atom is 0.266 e. The number of aromatic nitrogens is 3. The van der Waals surface area contributed by atoms with E-state index in [9.17, 15) is 13.2 Å². The summed E-state index contributed by atoms with van der Waals surface area (Å²) in [5.41, 5.74) is 1.58. The van der Waals surface area contributed by atoms with Crippen molar-refractivity contribution in [2.45, 2.75) is 38.8 Å². The Hall–Kier alpha value is -2.94. The molecule has 3 aromatic rings. The highest BCUT2D eigenvalue weighted by Crippen LogP contribution is 2.34. The fraction of sp³-hybridized carbons (Fsp3) is 0.409. The van der Waals surface area contributed by atoms with Gasteiger partial charge in [-0.25, -0.2) is 13.2 Å². The molecule has 1 fully saturated rings. The molecule has 0 spiro atoms. The number of alkyl halides is 2. The molecule has 4 rings (SSSR count). The zero-order chi connectivity index (χ0) is 22.3. The van der Waals surface area contributed by atoms with Crippen molar-refractivity contribution in [2.24, 2.45) is 0 Å². The van der Waals surface area contributed by atoms with E-state index in [2.05, 4.69) is 25.4 Å². The van der Waals surface area contributed by atoms with E-state index in [0.29, 0.717) is 17.0 Å². The van der Waals surface area contributed by atoms with Crippen molar-refractivity contribution in [1.29, 1.82) is 0 Å². The number of aryl methyl sites for hydroxylation is 1. The van der Waals surface area contributed by atoms with Gasteiger partial charge in [-0.2, -0.15) is 5.10 Å². The summed E-state index contributed by atoms with van der Waals surface area (Å²) in [5, 5.41) is 12.2. The fourth-order valence-electron chi connectivity index (χ4n) is 3.86. The average molecular weight is 431 g/mol. The smallest absolute Gasteiger partial charge is 0.266 e. The summed E-state index contributed by atoms with van der Waals surface area (Å²) in [4.78, 5) is 6.70. The largest absolute Gasteiger partial charge is 0.375 e. The topological polar surface area (TPSA) is 63.2 Å². The summed E-state index contributed by atoms with van der Waals surface area (Å²) in [6, 6.07) is 5.35. The summed E-state index contributed by atoms with van der Waals surface area (Å²) in [6.07, 6.45) is -1.10. The number of ether oxygens (including phenoxy) is 1. The van der Waals surface area contributed by atoms with E-state index >= 15 is 0 Å². The van der Waals surface area contributed by atoms with Crippen molar-refractivity contribution in [3.8, 4) is 0 Å². The molecule has 9 heteroatoms.